The number of amides is 5. The van der Waals surface area contributed by atoms with Gasteiger partial charge in [0.15, 0.2) is 0 Å². The van der Waals surface area contributed by atoms with E-state index >= 15 is 0 Å². The van der Waals surface area contributed by atoms with Gasteiger partial charge >= 0.3 is 6.03 Å². The molecule has 3 N–H and O–H groups in total. The summed E-state index contributed by atoms with van der Waals surface area (Å²) in [5.74, 6) is -3.27. The highest BCUT2D eigenvalue weighted by Gasteiger charge is 2.65. The molecule has 166 valence electrons. The first-order valence-electron chi connectivity index (χ1n) is 10.3. The van der Waals surface area contributed by atoms with Crippen LogP contribution in [-0.4, -0.2) is 48.3 Å². The van der Waals surface area contributed by atoms with Gasteiger partial charge in [-0.3, -0.25) is 14.4 Å². The summed E-state index contributed by atoms with van der Waals surface area (Å²) in [6, 6.07) is 12.7. The highest BCUT2D eigenvalue weighted by Crippen LogP contribution is 2.50. The number of hydrogen-bond donors (Lipinski definition) is 2. The molecule has 2 aromatic carbocycles. The van der Waals surface area contributed by atoms with Crippen LogP contribution >= 0.6 is 0 Å². The second-order valence-electron chi connectivity index (χ2n) is 7.71. The summed E-state index contributed by atoms with van der Waals surface area (Å²) in [5, 5.41) is 2.67. The maximum atomic E-state index is 13.6. The van der Waals surface area contributed by atoms with Crippen LogP contribution in [0.4, 0.5) is 10.5 Å². The Labute approximate surface area is 185 Å². The number of imide groups is 1. The van der Waals surface area contributed by atoms with Gasteiger partial charge in [0, 0.05) is 6.54 Å². The Morgan fingerprint density at radius 1 is 1.00 bits per heavy atom. The number of carbonyl (C=O) groups excluding carboxylic acids is 4. The molecule has 0 saturated carbocycles. The SMILES string of the molecule is CCNC(=O)N1C(C(N)=O)C2C(=O)N(c3ccccc3)C(=O)C2C1c1ccc(OC)cc1. The summed E-state index contributed by atoms with van der Waals surface area (Å²) >= 11 is 0. The zero-order chi connectivity index (χ0) is 23.0. The van der Waals surface area contributed by atoms with Crippen LogP contribution in [0.15, 0.2) is 54.6 Å². The van der Waals surface area contributed by atoms with E-state index in [1.165, 1.54) is 12.0 Å². The summed E-state index contributed by atoms with van der Waals surface area (Å²) in [6.45, 7) is 2.05. The molecule has 2 aliphatic rings. The number of benzene rings is 2. The fraction of sp³-hybridized carbons (Fsp3) is 0.304. The second kappa shape index (κ2) is 8.33. The molecule has 2 aliphatic heterocycles. The van der Waals surface area contributed by atoms with Crippen LogP contribution in [0.5, 0.6) is 5.75 Å². The van der Waals surface area contributed by atoms with Gasteiger partial charge in [0.2, 0.25) is 17.7 Å². The number of nitrogens with one attached hydrogen (secondary N) is 1. The molecule has 2 aromatic rings. The fourth-order valence-corrected chi connectivity index (χ4v) is 4.71. The normalized spacial score (nSPS) is 24.4. The van der Waals surface area contributed by atoms with E-state index in [4.69, 9.17) is 10.5 Å². The van der Waals surface area contributed by atoms with E-state index in [1.54, 1.807) is 61.5 Å². The summed E-state index contributed by atoms with van der Waals surface area (Å²) < 4.78 is 5.21. The van der Waals surface area contributed by atoms with E-state index in [0.29, 0.717) is 23.5 Å². The van der Waals surface area contributed by atoms with Crippen LogP contribution in [0.2, 0.25) is 0 Å². The number of carbonyl (C=O) groups is 4. The zero-order valence-corrected chi connectivity index (χ0v) is 17.7. The Hall–Kier alpha value is -3.88. The molecule has 9 heteroatoms. The van der Waals surface area contributed by atoms with Crippen LogP contribution in [0.25, 0.3) is 0 Å². The van der Waals surface area contributed by atoms with Gasteiger partial charge in [0.05, 0.1) is 30.7 Å². The number of nitrogens with two attached hydrogens (primary N) is 1. The number of urea groups is 1. The van der Waals surface area contributed by atoms with Crippen LogP contribution in [-0.2, 0) is 14.4 Å². The topological polar surface area (TPSA) is 122 Å². The first kappa shape index (κ1) is 21.4. The molecule has 4 atom stereocenters. The molecule has 0 bridgehead atoms. The minimum atomic E-state index is -1.26. The summed E-state index contributed by atoms with van der Waals surface area (Å²) in [5.41, 5.74) is 6.71. The van der Waals surface area contributed by atoms with Gasteiger partial charge in [-0.15, -0.1) is 0 Å². The number of likely N-dealkylation sites (tertiary alicyclic amines) is 1. The quantitative estimate of drug-likeness (QED) is 0.687. The Balaban J connectivity index is 1.85. The molecule has 5 amide bonds. The van der Waals surface area contributed by atoms with Crippen molar-refractivity contribution in [2.24, 2.45) is 17.6 Å². The standard InChI is InChI=1S/C23H24N4O5/c1-3-25-23(31)27-18(13-9-11-15(32-2)12-10-13)16-17(19(27)20(24)28)22(30)26(21(16)29)14-7-5-4-6-8-14/h4-12,16-19H,3H2,1-2H3,(H2,24,28)(H,25,31). The molecule has 2 heterocycles. The highest BCUT2D eigenvalue weighted by molar-refractivity contribution is 6.24. The molecule has 0 aromatic heterocycles. The first-order chi connectivity index (χ1) is 15.4. The van der Waals surface area contributed by atoms with Crippen LogP contribution in [0.3, 0.4) is 0 Å². The van der Waals surface area contributed by atoms with E-state index in [1.807, 2.05) is 0 Å². The monoisotopic (exact) mass is 436 g/mol. The van der Waals surface area contributed by atoms with Gasteiger partial charge in [-0.25, -0.2) is 9.69 Å². The zero-order valence-electron chi connectivity index (χ0n) is 17.7. The molecule has 32 heavy (non-hydrogen) atoms. The average molecular weight is 436 g/mol. The lowest BCUT2D eigenvalue weighted by atomic mass is 9.86. The molecule has 4 unspecified atom stereocenters. The van der Waals surface area contributed by atoms with Crippen LogP contribution < -0.4 is 20.7 Å². The second-order valence-corrected chi connectivity index (χ2v) is 7.71. The number of anilines is 1. The maximum absolute atomic E-state index is 13.6. The van der Waals surface area contributed by atoms with E-state index < -0.39 is 47.7 Å². The smallest absolute Gasteiger partial charge is 0.318 e. The van der Waals surface area contributed by atoms with E-state index in [2.05, 4.69) is 5.32 Å². The minimum absolute atomic E-state index is 0.309. The van der Waals surface area contributed by atoms with Crippen molar-refractivity contribution in [1.29, 1.82) is 0 Å². The summed E-state index contributed by atoms with van der Waals surface area (Å²) in [6.07, 6.45) is 0. The van der Waals surface area contributed by atoms with Crippen molar-refractivity contribution in [3.63, 3.8) is 0 Å². The third-order valence-corrected chi connectivity index (χ3v) is 6.00. The van der Waals surface area contributed by atoms with Crippen LogP contribution in [0.1, 0.15) is 18.5 Å². The molecule has 4 rings (SSSR count). The average Bonchev–Trinajstić information content (AvgIpc) is 3.28. The van der Waals surface area contributed by atoms with Crippen molar-refractivity contribution < 1.29 is 23.9 Å². The molecule has 0 aliphatic carbocycles. The lowest BCUT2D eigenvalue weighted by Crippen LogP contribution is -2.53. The summed E-state index contributed by atoms with van der Waals surface area (Å²) in [4.78, 5) is 54.9. The predicted octanol–water partition coefficient (Wildman–Crippen LogP) is 1.44. The molecular weight excluding hydrogens is 412 g/mol. The molecule has 2 fully saturated rings. The van der Waals surface area contributed by atoms with E-state index in [-0.39, 0.29) is 0 Å². The van der Waals surface area contributed by atoms with E-state index in [9.17, 15) is 19.2 Å². The highest BCUT2D eigenvalue weighted by atomic mass is 16.5. The minimum Gasteiger partial charge on any atom is -0.497 e. The predicted molar refractivity (Wildman–Crippen MR) is 116 cm³/mol. The van der Waals surface area contributed by atoms with Gasteiger partial charge < -0.3 is 20.7 Å². The Morgan fingerprint density at radius 2 is 1.62 bits per heavy atom. The van der Waals surface area contributed by atoms with Gasteiger partial charge in [0.1, 0.15) is 11.8 Å². The van der Waals surface area contributed by atoms with Gasteiger partial charge in [-0.2, -0.15) is 0 Å². The van der Waals surface area contributed by atoms with Crippen molar-refractivity contribution in [3.8, 4) is 5.75 Å². The third-order valence-electron chi connectivity index (χ3n) is 6.00. The Kier molecular flexibility index (Phi) is 5.56. The van der Waals surface area contributed by atoms with Gasteiger partial charge in [-0.1, -0.05) is 30.3 Å². The van der Waals surface area contributed by atoms with Crippen molar-refractivity contribution in [1.82, 2.24) is 10.2 Å². The fourth-order valence-electron chi connectivity index (χ4n) is 4.71. The largest absolute Gasteiger partial charge is 0.497 e. The van der Waals surface area contributed by atoms with Crippen molar-refractivity contribution >= 4 is 29.4 Å². The molecule has 9 nitrogen and oxygen atoms in total. The number of nitrogens with zero attached hydrogens (tertiary/aromatic N) is 2. The number of para-hydroxylation sites is 1. The molecule has 0 radical (unpaired) electrons. The van der Waals surface area contributed by atoms with Crippen molar-refractivity contribution in [2.45, 2.75) is 19.0 Å². The molecular formula is C23H24N4O5. The van der Waals surface area contributed by atoms with Gasteiger partial charge in [0.25, 0.3) is 0 Å². The lowest BCUT2D eigenvalue weighted by molar-refractivity contribution is -0.129. The number of fused-ring (bicyclic) bond motifs is 1. The lowest BCUT2D eigenvalue weighted by Gasteiger charge is -2.32. The summed E-state index contributed by atoms with van der Waals surface area (Å²) in [7, 11) is 1.53. The van der Waals surface area contributed by atoms with E-state index in [0.717, 1.165) is 4.90 Å². The number of primary amides is 1. The Morgan fingerprint density at radius 3 is 2.19 bits per heavy atom. The molecule has 2 saturated heterocycles. The number of methoxy groups -OCH3 is 1. The van der Waals surface area contributed by atoms with Gasteiger partial charge in [-0.05, 0) is 36.8 Å². The maximum Gasteiger partial charge on any atom is 0.318 e. The molecule has 0 spiro atoms. The third kappa shape index (κ3) is 3.26. The van der Waals surface area contributed by atoms with Crippen molar-refractivity contribution in [2.75, 3.05) is 18.6 Å². The number of hydrogen-bond acceptors (Lipinski definition) is 5. The van der Waals surface area contributed by atoms with Crippen LogP contribution in [0, 0.1) is 11.8 Å². The Bertz CT molecular complexity index is 1060. The first-order valence-corrected chi connectivity index (χ1v) is 10.3. The number of ether oxygens (including phenoxy) is 1. The van der Waals surface area contributed by atoms with Crippen molar-refractivity contribution in [3.05, 3.63) is 60.2 Å². The number of rotatable bonds is 5.